The summed E-state index contributed by atoms with van der Waals surface area (Å²) in [6, 6.07) is 26.1. The predicted octanol–water partition coefficient (Wildman–Crippen LogP) is 5.99. The zero-order chi connectivity index (χ0) is 24.5. The summed E-state index contributed by atoms with van der Waals surface area (Å²) >= 11 is 0. The van der Waals surface area contributed by atoms with Crippen molar-refractivity contribution in [2.45, 2.75) is 13.2 Å². The Labute approximate surface area is 207 Å². The largest absolute Gasteiger partial charge is 0.456 e. The summed E-state index contributed by atoms with van der Waals surface area (Å²) in [7, 11) is 0. The zero-order valence-corrected chi connectivity index (χ0v) is 19.2. The highest BCUT2D eigenvalue weighted by molar-refractivity contribution is 6.20. The number of nitrogens with zero attached hydrogens (tertiary/aromatic N) is 2. The number of benzene rings is 3. The predicted molar refractivity (Wildman–Crippen MR) is 135 cm³/mol. The van der Waals surface area contributed by atoms with Crippen molar-refractivity contribution < 1.29 is 19.1 Å². The SMILES string of the molecule is O=C(OCc1ccccn1)c1ccc2c(c1)-c1ccc(C(=O)OCc3ccccn3)c3cccc-2c13. The molecule has 2 aromatic heterocycles. The first-order valence-corrected chi connectivity index (χ1v) is 11.5. The van der Waals surface area contributed by atoms with Crippen LogP contribution in [-0.2, 0) is 22.7 Å². The van der Waals surface area contributed by atoms with Gasteiger partial charge in [-0.2, -0.15) is 0 Å². The van der Waals surface area contributed by atoms with Gasteiger partial charge in [0.25, 0.3) is 0 Å². The Bertz CT molecular complexity index is 1620. The Morgan fingerprint density at radius 2 is 1.28 bits per heavy atom. The molecular weight excluding hydrogens is 452 g/mol. The standard InChI is InChI=1S/C30H20N2O4/c33-29(35-17-20-6-1-3-14-31-20)19-10-11-22-23-8-5-9-24-26(13-12-25(28(23)24)27(22)16-19)30(34)36-18-21-7-2-4-15-32-21/h1-16H,17-18H2. The first kappa shape index (κ1) is 21.7. The van der Waals surface area contributed by atoms with E-state index < -0.39 is 11.9 Å². The monoisotopic (exact) mass is 472 g/mol. The Balaban J connectivity index is 1.29. The summed E-state index contributed by atoms with van der Waals surface area (Å²) in [6.45, 7) is 0.212. The molecule has 3 aromatic carbocycles. The number of pyridine rings is 2. The third-order valence-electron chi connectivity index (χ3n) is 6.25. The summed E-state index contributed by atoms with van der Waals surface area (Å²) < 4.78 is 11.0. The molecule has 0 bridgehead atoms. The topological polar surface area (TPSA) is 78.4 Å². The second-order valence-electron chi connectivity index (χ2n) is 8.44. The second-order valence-corrected chi connectivity index (χ2v) is 8.44. The van der Waals surface area contributed by atoms with Gasteiger partial charge in [-0.25, -0.2) is 9.59 Å². The molecule has 0 aliphatic heterocycles. The smallest absolute Gasteiger partial charge is 0.339 e. The fraction of sp³-hybridized carbons (Fsp3) is 0.0667. The lowest BCUT2D eigenvalue weighted by atomic mass is 9.98. The number of fused-ring (bicyclic) bond motifs is 3. The third-order valence-corrected chi connectivity index (χ3v) is 6.25. The molecule has 2 heterocycles. The van der Waals surface area contributed by atoms with E-state index in [0.717, 1.165) is 33.0 Å². The lowest BCUT2D eigenvalue weighted by Crippen LogP contribution is -2.07. The van der Waals surface area contributed by atoms with E-state index in [4.69, 9.17) is 9.47 Å². The van der Waals surface area contributed by atoms with Crippen LogP contribution in [0.3, 0.4) is 0 Å². The molecule has 36 heavy (non-hydrogen) atoms. The molecule has 5 aromatic rings. The Kier molecular flexibility index (Phi) is 5.46. The van der Waals surface area contributed by atoms with Crippen LogP contribution in [0.15, 0.2) is 97.3 Å². The van der Waals surface area contributed by atoms with Gasteiger partial charge in [-0.3, -0.25) is 9.97 Å². The van der Waals surface area contributed by atoms with Gasteiger partial charge in [0.05, 0.1) is 22.5 Å². The van der Waals surface area contributed by atoms with Crippen LogP contribution in [0.2, 0.25) is 0 Å². The highest BCUT2D eigenvalue weighted by Crippen LogP contribution is 2.48. The molecule has 0 N–H and O–H groups in total. The normalized spacial score (nSPS) is 11.2. The number of carbonyl (C=O) groups excluding carboxylic acids is 2. The van der Waals surface area contributed by atoms with Crippen molar-refractivity contribution in [2.75, 3.05) is 0 Å². The summed E-state index contributed by atoms with van der Waals surface area (Å²) in [6.07, 6.45) is 3.33. The lowest BCUT2D eigenvalue weighted by Gasteiger charge is -2.09. The summed E-state index contributed by atoms with van der Waals surface area (Å²) in [5, 5.41) is 1.78. The summed E-state index contributed by atoms with van der Waals surface area (Å²) in [5.74, 6) is -0.815. The van der Waals surface area contributed by atoms with Crippen molar-refractivity contribution in [3.8, 4) is 22.3 Å². The Morgan fingerprint density at radius 1 is 0.611 bits per heavy atom. The van der Waals surface area contributed by atoms with Gasteiger partial charge in [0.15, 0.2) is 0 Å². The van der Waals surface area contributed by atoms with E-state index in [0.29, 0.717) is 22.5 Å². The van der Waals surface area contributed by atoms with Crippen molar-refractivity contribution in [3.63, 3.8) is 0 Å². The van der Waals surface area contributed by atoms with Gasteiger partial charge in [0, 0.05) is 12.4 Å². The molecule has 6 rings (SSSR count). The van der Waals surface area contributed by atoms with Crippen LogP contribution in [0.25, 0.3) is 33.0 Å². The van der Waals surface area contributed by atoms with Gasteiger partial charge in [0.2, 0.25) is 0 Å². The maximum atomic E-state index is 13.0. The Hall–Kier alpha value is -4.84. The lowest BCUT2D eigenvalue weighted by molar-refractivity contribution is 0.0460. The van der Waals surface area contributed by atoms with Crippen molar-refractivity contribution in [1.29, 1.82) is 0 Å². The van der Waals surface area contributed by atoms with E-state index in [1.807, 2.05) is 72.8 Å². The number of hydrogen-bond acceptors (Lipinski definition) is 6. The number of ether oxygens (including phenoxy) is 2. The molecule has 0 radical (unpaired) electrons. The maximum absolute atomic E-state index is 13.0. The summed E-state index contributed by atoms with van der Waals surface area (Å²) in [5.41, 5.74) is 6.26. The average molecular weight is 473 g/mol. The first-order chi connectivity index (χ1) is 17.7. The number of hydrogen-bond donors (Lipinski definition) is 0. The van der Waals surface area contributed by atoms with Crippen LogP contribution < -0.4 is 0 Å². The van der Waals surface area contributed by atoms with Crippen molar-refractivity contribution in [2.24, 2.45) is 0 Å². The average Bonchev–Trinajstić information content (AvgIpc) is 3.26. The van der Waals surface area contributed by atoms with Gasteiger partial charge in [0.1, 0.15) is 13.2 Å². The van der Waals surface area contributed by atoms with Crippen molar-refractivity contribution in [3.05, 3.63) is 120 Å². The van der Waals surface area contributed by atoms with Crippen LogP contribution in [-0.4, -0.2) is 21.9 Å². The van der Waals surface area contributed by atoms with Gasteiger partial charge in [-0.15, -0.1) is 0 Å². The Morgan fingerprint density at radius 3 is 1.97 bits per heavy atom. The fourth-order valence-corrected chi connectivity index (χ4v) is 4.57. The molecule has 0 atom stereocenters. The second kappa shape index (κ2) is 9.07. The van der Waals surface area contributed by atoms with Crippen LogP contribution in [0.4, 0.5) is 0 Å². The van der Waals surface area contributed by atoms with Crippen LogP contribution >= 0.6 is 0 Å². The van der Waals surface area contributed by atoms with Gasteiger partial charge in [-0.1, -0.05) is 42.5 Å². The molecule has 6 heteroatoms. The van der Waals surface area contributed by atoms with Crippen LogP contribution in [0.5, 0.6) is 0 Å². The van der Waals surface area contributed by atoms with Crippen molar-refractivity contribution in [1.82, 2.24) is 9.97 Å². The minimum absolute atomic E-state index is 0.104. The summed E-state index contributed by atoms with van der Waals surface area (Å²) in [4.78, 5) is 34.1. The van der Waals surface area contributed by atoms with Gasteiger partial charge in [-0.05, 0) is 75.5 Å². The van der Waals surface area contributed by atoms with E-state index in [1.165, 1.54) is 0 Å². The van der Waals surface area contributed by atoms with E-state index in [1.54, 1.807) is 24.5 Å². The highest BCUT2D eigenvalue weighted by Gasteiger charge is 2.25. The number of rotatable bonds is 6. The molecule has 1 aliphatic rings. The first-order valence-electron chi connectivity index (χ1n) is 11.5. The molecule has 174 valence electrons. The molecule has 0 saturated carbocycles. The molecule has 0 fully saturated rings. The zero-order valence-electron chi connectivity index (χ0n) is 19.2. The number of carbonyl (C=O) groups is 2. The van der Waals surface area contributed by atoms with E-state index >= 15 is 0 Å². The molecule has 0 saturated heterocycles. The third kappa shape index (κ3) is 3.88. The molecule has 0 spiro atoms. The molecule has 1 aliphatic carbocycles. The van der Waals surface area contributed by atoms with Crippen molar-refractivity contribution >= 4 is 22.7 Å². The van der Waals surface area contributed by atoms with Gasteiger partial charge >= 0.3 is 11.9 Å². The minimum Gasteiger partial charge on any atom is -0.456 e. The minimum atomic E-state index is -0.412. The fourth-order valence-electron chi connectivity index (χ4n) is 4.57. The quantitative estimate of drug-likeness (QED) is 0.277. The number of esters is 2. The molecule has 0 amide bonds. The van der Waals surface area contributed by atoms with Gasteiger partial charge < -0.3 is 9.47 Å². The molecule has 6 nitrogen and oxygen atoms in total. The van der Waals surface area contributed by atoms with E-state index in [2.05, 4.69) is 9.97 Å². The molecular formula is C30H20N2O4. The van der Waals surface area contributed by atoms with E-state index in [-0.39, 0.29) is 13.2 Å². The molecule has 0 unspecified atom stereocenters. The highest BCUT2D eigenvalue weighted by atomic mass is 16.5. The van der Waals surface area contributed by atoms with E-state index in [9.17, 15) is 9.59 Å². The number of aromatic nitrogens is 2. The maximum Gasteiger partial charge on any atom is 0.339 e. The van der Waals surface area contributed by atoms with Crippen LogP contribution in [0.1, 0.15) is 32.1 Å². The van der Waals surface area contributed by atoms with Crippen LogP contribution in [0, 0.1) is 0 Å².